The molecular formula is C17H20N2O. The monoisotopic (exact) mass is 268 g/mol. The quantitative estimate of drug-likeness (QED) is 0.903. The van der Waals surface area contributed by atoms with Gasteiger partial charge in [-0.15, -0.1) is 0 Å². The summed E-state index contributed by atoms with van der Waals surface area (Å²) >= 11 is 0. The zero-order valence-electron chi connectivity index (χ0n) is 11.6. The van der Waals surface area contributed by atoms with Gasteiger partial charge in [0, 0.05) is 25.7 Å². The molecule has 1 N–H and O–H groups in total. The van der Waals surface area contributed by atoms with Crippen molar-refractivity contribution in [3.05, 3.63) is 59.0 Å². The lowest BCUT2D eigenvalue weighted by molar-refractivity contribution is 0.225. The highest BCUT2D eigenvalue weighted by atomic mass is 16.3. The fourth-order valence-corrected chi connectivity index (χ4v) is 3.04. The first-order valence-electron chi connectivity index (χ1n) is 7.46. The van der Waals surface area contributed by atoms with Crippen molar-refractivity contribution in [3.63, 3.8) is 0 Å². The lowest BCUT2D eigenvalue weighted by Crippen LogP contribution is -2.24. The third-order valence-electron chi connectivity index (χ3n) is 4.29. The number of nitrogens with one attached hydrogen (secondary N) is 1. The Balaban J connectivity index is 1.50. The molecule has 1 saturated carbocycles. The van der Waals surface area contributed by atoms with E-state index in [1.807, 2.05) is 6.07 Å². The number of hydrogen-bond donors (Lipinski definition) is 1. The first-order chi connectivity index (χ1) is 9.88. The molecule has 0 spiro atoms. The molecule has 2 heterocycles. The highest BCUT2D eigenvalue weighted by Gasteiger charge is 2.29. The standard InChI is InChI=1S/C17H20N2O/c1-2-17(20-7-1)12-19(16-5-6-16)11-13-3-4-14-9-18-10-15(14)8-13/h1-4,7-8,16,18H,5-6,9-12H2. The SMILES string of the molecule is c1coc(CN(Cc2ccc3c(c2)CNC3)C2CC2)c1. The van der Waals surface area contributed by atoms with Crippen molar-refractivity contribution in [2.75, 3.05) is 0 Å². The van der Waals surface area contributed by atoms with Crippen molar-refractivity contribution in [1.29, 1.82) is 0 Å². The van der Waals surface area contributed by atoms with Gasteiger partial charge in [-0.25, -0.2) is 0 Å². The number of hydrogen-bond acceptors (Lipinski definition) is 3. The smallest absolute Gasteiger partial charge is 0.117 e. The van der Waals surface area contributed by atoms with Crippen molar-refractivity contribution in [3.8, 4) is 0 Å². The molecule has 2 aromatic rings. The first kappa shape index (κ1) is 12.2. The minimum Gasteiger partial charge on any atom is -0.468 e. The fraction of sp³-hybridized carbons (Fsp3) is 0.412. The van der Waals surface area contributed by atoms with Crippen LogP contribution < -0.4 is 5.32 Å². The lowest BCUT2D eigenvalue weighted by atomic mass is 10.1. The molecule has 20 heavy (non-hydrogen) atoms. The Kier molecular flexibility index (Phi) is 3.09. The van der Waals surface area contributed by atoms with E-state index in [1.165, 1.54) is 29.5 Å². The second kappa shape index (κ2) is 5.08. The number of fused-ring (bicyclic) bond motifs is 1. The predicted octanol–water partition coefficient (Wildman–Crippen LogP) is 3.05. The van der Waals surface area contributed by atoms with Gasteiger partial charge in [-0.3, -0.25) is 4.90 Å². The van der Waals surface area contributed by atoms with Crippen molar-refractivity contribution >= 4 is 0 Å². The largest absolute Gasteiger partial charge is 0.468 e. The van der Waals surface area contributed by atoms with Crippen molar-refractivity contribution < 1.29 is 4.42 Å². The Morgan fingerprint density at radius 3 is 2.80 bits per heavy atom. The average molecular weight is 268 g/mol. The van der Waals surface area contributed by atoms with Gasteiger partial charge in [-0.05, 0) is 41.7 Å². The number of benzene rings is 1. The maximum absolute atomic E-state index is 5.50. The van der Waals surface area contributed by atoms with Crippen LogP contribution in [0.5, 0.6) is 0 Å². The summed E-state index contributed by atoms with van der Waals surface area (Å²) in [5.74, 6) is 1.07. The predicted molar refractivity (Wildman–Crippen MR) is 78.0 cm³/mol. The summed E-state index contributed by atoms with van der Waals surface area (Å²) in [7, 11) is 0. The average Bonchev–Trinajstić information content (AvgIpc) is 2.99. The molecular weight excluding hydrogens is 248 g/mol. The van der Waals surface area contributed by atoms with E-state index >= 15 is 0 Å². The Hall–Kier alpha value is -1.58. The summed E-state index contributed by atoms with van der Waals surface area (Å²) in [6, 6.07) is 11.7. The molecule has 1 aliphatic carbocycles. The fourth-order valence-electron chi connectivity index (χ4n) is 3.04. The molecule has 1 fully saturated rings. The third-order valence-corrected chi connectivity index (χ3v) is 4.29. The molecule has 0 atom stereocenters. The maximum Gasteiger partial charge on any atom is 0.117 e. The minimum atomic E-state index is 0.742. The Morgan fingerprint density at radius 2 is 2.00 bits per heavy atom. The molecule has 1 aromatic carbocycles. The van der Waals surface area contributed by atoms with Crippen LogP contribution in [0.1, 0.15) is 35.3 Å². The second-order valence-electron chi connectivity index (χ2n) is 5.92. The topological polar surface area (TPSA) is 28.4 Å². The van der Waals surface area contributed by atoms with Gasteiger partial charge in [0.05, 0.1) is 12.8 Å². The van der Waals surface area contributed by atoms with Gasteiger partial charge in [0.15, 0.2) is 0 Å². The van der Waals surface area contributed by atoms with Gasteiger partial charge in [-0.2, -0.15) is 0 Å². The number of rotatable bonds is 5. The lowest BCUT2D eigenvalue weighted by Gasteiger charge is -2.21. The van der Waals surface area contributed by atoms with Crippen LogP contribution in [0.25, 0.3) is 0 Å². The normalized spacial score (nSPS) is 17.6. The first-order valence-corrected chi connectivity index (χ1v) is 7.46. The van der Waals surface area contributed by atoms with Crippen molar-refractivity contribution in [2.24, 2.45) is 0 Å². The van der Waals surface area contributed by atoms with E-state index in [-0.39, 0.29) is 0 Å². The minimum absolute atomic E-state index is 0.742. The Labute approximate surface area is 119 Å². The Morgan fingerprint density at radius 1 is 1.10 bits per heavy atom. The highest BCUT2D eigenvalue weighted by Crippen LogP contribution is 2.30. The van der Waals surface area contributed by atoms with E-state index < -0.39 is 0 Å². The molecule has 2 aliphatic rings. The zero-order chi connectivity index (χ0) is 13.4. The molecule has 0 unspecified atom stereocenters. The van der Waals surface area contributed by atoms with Gasteiger partial charge in [-0.1, -0.05) is 18.2 Å². The summed E-state index contributed by atoms with van der Waals surface area (Å²) < 4.78 is 5.50. The van der Waals surface area contributed by atoms with Gasteiger partial charge < -0.3 is 9.73 Å². The van der Waals surface area contributed by atoms with Crippen molar-refractivity contribution in [1.82, 2.24) is 10.2 Å². The summed E-state index contributed by atoms with van der Waals surface area (Å²) in [5, 5.41) is 3.41. The number of nitrogens with zero attached hydrogens (tertiary/aromatic N) is 1. The summed E-state index contributed by atoms with van der Waals surface area (Å²) in [4.78, 5) is 2.54. The van der Waals surface area contributed by atoms with E-state index in [9.17, 15) is 0 Å². The van der Waals surface area contributed by atoms with Crippen molar-refractivity contribution in [2.45, 2.75) is 45.1 Å². The molecule has 1 aromatic heterocycles. The summed E-state index contributed by atoms with van der Waals surface area (Å²) in [5.41, 5.74) is 4.35. The number of furan rings is 1. The van der Waals surface area contributed by atoms with Gasteiger partial charge in [0.2, 0.25) is 0 Å². The Bertz CT molecular complexity index is 587. The van der Waals surface area contributed by atoms with Crippen LogP contribution in [0.3, 0.4) is 0 Å². The summed E-state index contributed by atoms with van der Waals surface area (Å²) in [6.07, 6.45) is 4.42. The van der Waals surface area contributed by atoms with Crippen LogP contribution in [0.2, 0.25) is 0 Å². The zero-order valence-corrected chi connectivity index (χ0v) is 11.6. The molecule has 1 aliphatic heterocycles. The van der Waals surface area contributed by atoms with E-state index in [1.54, 1.807) is 6.26 Å². The molecule has 104 valence electrons. The van der Waals surface area contributed by atoms with Crippen LogP contribution in [0, 0.1) is 0 Å². The molecule has 3 nitrogen and oxygen atoms in total. The second-order valence-corrected chi connectivity index (χ2v) is 5.92. The van der Waals surface area contributed by atoms with Crippen LogP contribution >= 0.6 is 0 Å². The third kappa shape index (κ3) is 2.51. The van der Waals surface area contributed by atoms with E-state index in [0.29, 0.717) is 0 Å². The molecule has 0 amide bonds. The van der Waals surface area contributed by atoms with Gasteiger partial charge >= 0.3 is 0 Å². The van der Waals surface area contributed by atoms with Crippen LogP contribution in [-0.2, 0) is 26.2 Å². The van der Waals surface area contributed by atoms with Gasteiger partial charge in [0.1, 0.15) is 5.76 Å². The molecule has 0 bridgehead atoms. The van der Waals surface area contributed by atoms with E-state index in [0.717, 1.165) is 38.0 Å². The molecule has 0 saturated heterocycles. The molecule has 3 heteroatoms. The van der Waals surface area contributed by atoms with E-state index in [4.69, 9.17) is 4.42 Å². The summed E-state index contributed by atoms with van der Waals surface area (Å²) in [6.45, 7) is 3.99. The van der Waals surface area contributed by atoms with Gasteiger partial charge in [0.25, 0.3) is 0 Å². The van der Waals surface area contributed by atoms with Crippen LogP contribution in [0.15, 0.2) is 41.0 Å². The molecule has 0 radical (unpaired) electrons. The highest BCUT2D eigenvalue weighted by molar-refractivity contribution is 5.34. The molecule has 4 rings (SSSR count). The maximum atomic E-state index is 5.50. The van der Waals surface area contributed by atoms with E-state index in [2.05, 4.69) is 34.5 Å². The van der Waals surface area contributed by atoms with Crippen LogP contribution in [0.4, 0.5) is 0 Å². The van der Waals surface area contributed by atoms with Crippen LogP contribution in [-0.4, -0.2) is 10.9 Å².